The van der Waals surface area contributed by atoms with E-state index in [1.807, 2.05) is 0 Å². The number of rotatable bonds is 3. The molecule has 0 aliphatic heterocycles. The molecule has 0 aliphatic carbocycles. The van der Waals surface area contributed by atoms with Gasteiger partial charge in [-0.3, -0.25) is 4.79 Å². The third kappa shape index (κ3) is 3.98. The molecule has 5 nitrogen and oxygen atoms in total. The van der Waals surface area contributed by atoms with Gasteiger partial charge in [0.25, 0.3) is 0 Å². The quantitative estimate of drug-likeness (QED) is 0.338. The predicted octanol–water partition coefficient (Wildman–Crippen LogP) is 0.672. The number of carbonyl (C=O) groups is 1. The lowest BCUT2D eigenvalue weighted by Crippen LogP contribution is -2.07. The summed E-state index contributed by atoms with van der Waals surface area (Å²) in [5, 5.41) is 0. The van der Waals surface area contributed by atoms with Crippen molar-refractivity contribution >= 4 is 11.8 Å². The summed E-state index contributed by atoms with van der Waals surface area (Å²) in [6.07, 6.45) is 1.66. The molecular weight excluding hydrogens is 206 g/mol. The zero-order valence-corrected chi connectivity index (χ0v) is 8.99. The smallest absolute Gasteiger partial charge is 0.317 e. The molecule has 0 saturated heterocycles. The molecule has 0 aliphatic rings. The second kappa shape index (κ2) is 6.43. The Kier molecular flexibility index (Phi) is 4.83. The van der Waals surface area contributed by atoms with Gasteiger partial charge >= 0.3 is 5.97 Å². The first kappa shape index (κ1) is 12.0. The number of ether oxygens (including phenoxy) is 1. The van der Waals surface area contributed by atoms with E-state index in [0.717, 1.165) is 5.56 Å². The first-order valence-electron chi connectivity index (χ1n) is 4.83. The molecule has 84 valence electrons. The van der Waals surface area contributed by atoms with Gasteiger partial charge in [0.1, 0.15) is 12.2 Å². The molecule has 0 atom stereocenters. The highest BCUT2D eigenvalue weighted by Crippen LogP contribution is 2.01. The van der Waals surface area contributed by atoms with Crippen molar-refractivity contribution in [3.8, 4) is 11.8 Å². The summed E-state index contributed by atoms with van der Waals surface area (Å²) in [5.41, 5.74) is 3.14. The minimum atomic E-state index is -0.316. The molecule has 0 spiro atoms. The van der Waals surface area contributed by atoms with Gasteiger partial charge < -0.3 is 10.2 Å². The van der Waals surface area contributed by atoms with Gasteiger partial charge in [-0.05, 0) is 19.1 Å². The van der Waals surface area contributed by atoms with Crippen LogP contribution >= 0.6 is 0 Å². The number of esters is 1. The fraction of sp³-hybridized carbons (Fsp3) is 0.273. The van der Waals surface area contributed by atoms with Crippen molar-refractivity contribution in [3.63, 3.8) is 0 Å². The Balaban J connectivity index is 2.53. The summed E-state index contributed by atoms with van der Waals surface area (Å²) in [6, 6.07) is 3.47. The van der Waals surface area contributed by atoms with Crippen molar-refractivity contribution in [1.82, 2.24) is 4.98 Å². The number of anilines is 1. The van der Waals surface area contributed by atoms with Crippen molar-refractivity contribution in [2.45, 2.75) is 13.3 Å². The number of nitrogens with zero attached hydrogens (tertiary/aromatic N) is 1. The first-order valence-corrected chi connectivity index (χ1v) is 4.83. The maximum Gasteiger partial charge on any atom is 0.317 e. The number of pyridine rings is 1. The van der Waals surface area contributed by atoms with Gasteiger partial charge in [0.15, 0.2) is 0 Å². The maximum absolute atomic E-state index is 11.0. The highest BCUT2D eigenvalue weighted by molar-refractivity contribution is 5.72. The predicted molar refractivity (Wildman–Crippen MR) is 60.2 cm³/mol. The lowest BCUT2D eigenvalue weighted by Gasteiger charge is -1.97. The fourth-order valence-corrected chi connectivity index (χ4v) is 0.984. The van der Waals surface area contributed by atoms with Crippen LogP contribution in [0.5, 0.6) is 0 Å². The number of nitrogens with one attached hydrogen (secondary N) is 1. The largest absolute Gasteiger partial charge is 0.465 e. The topological polar surface area (TPSA) is 77.2 Å². The van der Waals surface area contributed by atoms with E-state index in [1.165, 1.54) is 0 Å². The van der Waals surface area contributed by atoms with E-state index in [1.54, 1.807) is 25.3 Å². The van der Waals surface area contributed by atoms with Crippen LogP contribution in [0.3, 0.4) is 0 Å². The maximum atomic E-state index is 11.0. The fourth-order valence-electron chi connectivity index (χ4n) is 0.984. The van der Waals surface area contributed by atoms with Gasteiger partial charge in [0, 0.05) is 11.8 Å². The standard InChI is InChI=1S/C11H13N3O2/c1-2-16-11(15)5-3-4-9-6-7-10(14-12)13-8-9/h6-8H,2,5,12H2,1H3,(H,13,14). The molecule has 0 unspecified atom stereocenters. The van der Waals surface area contributed by atoms with Crippen molar-refractivity contribution in [2.75, 3.05) is 12.0 Å². The second-order valence-corrected chi connectivity index (χ2v) is 2.86. The Labute approximate surface area is 94.0 Å². The molecule has 1 heterocycles. The Morgan fingerprint density at radius 3 is 3.00 bits per heavy atom. The number of hydrazine groups is 1. The molecule has 0 aromatic carbocycles. The zero-order valence-electron chi connectivity index (χ0n) is 8.99. The monoisotopic (exact) mass is 219 g/mol. The number of carbonyl (C=O) groups excluding carboxylic acids is 1. The Morgan fingerprint density at radius 2 is 2.44 bits per heavy atom. The Hall–Kier alpha value is -2.06. The van der Waals surface area contributed by atoms with E-state index >= 15 is 0 Å². The summed E-state index contributed by atoms with van der Waals surface area (Å²) in [7, 11) is 0. The van der Waals surface area contributed by atoms with Crippen LogP contribution in [0.1, 0.15) is 18.9 Å². The van der Waals surface area contributed by atoms with Gasteiger partial charge in [-0.25, -0.2) is 10.8 Å². The molecule has 5 heteroatoms. The Morgan fingerprint density at radius 1 is 1.62 bits per heavy atom. The molecule has 3 N–H and O–H groups in total. The molecule has 0 radical (unpaired) electrons. The van der Waals surface area contributed by atoms with Gasteiger partial charge in [0.2, 0.25) is 0 Å². The van der Waals surface area contributed by atoms with Crippen LogP contribution in [0.25, 0.3) is 0 Å². The minimum Gasteiger partial charge on any atom is -0.465 e. The third-order valence-electron chi connectivity index (χ3n) is 1.68. The second-order valence-electron chi connectivity index (χ2n) is 2.86. The highest BCUT2D eigenvalue weighted by Gasteiger charge is 1.96. The SMILES string of the molecule is CCOC(=O)CC#Cc1ccc(NN)nc1. The number of nitrogen functional groups attached to an aromatic ring is 1. The number of hydrogen-bond acceptors (Lipinski definition) is 5. The van der Waals surface area contributed by atoms with Crippen molar-refractivity contribution < 1.29 is 9.53 Å². The number of hydrogen-bond donors (Lipinski definition) is 2. The first-order chi connectivity index (χ1) is 7.76. The van der Waals surface area contributed by atoms with Gasteiger partial charge in [-0.2, -0.15) is 0 Å². The molecule has 1 rings (SSSR count). The van der Waals surface area contributed by atoms with Crippen molar-refractivity contribution in [2.24, 2.45) is 5.84 Å². The zero-order chi connectivity index (χ0) is 11.8. The number of aromatic nitrogens is 1. The van der Waals surface area contributed by atoms with E-state index < -0.39 is 0 Å². The van der Waals surface area contributed by atoms with Crippen molar-refractivity contribution in [1.29, 1.82) is 0 Å². The van der Waals surface area contributed by atoms with Crippen molar-refractivity contribution in [3.05, 3.63) is 23.9 Å². The summed E-state index contributed by atoms with van der Waals surface area (Å²) in [4.78, 5) is 14.9. The Bertz CT molecular complexity index is 403. The molecule has 1 aromatic heterocycles. The minimum absolute atomic E-state index is 0.0880. The van der Waals surface area contributed by atoms with Crippen LogP contribution in [-0.4, -0.2) is 17.6 Å². The lowest BCUT2D eigenvalue weighted by molar-refractivity contribution is -0.141. The summed E-state index contributed by atoms with van der Waals surface area (Å²) in [5.74, 6) is 10.9. The van der Waals surface area contributed by atoms with Crippen LogP contribution in [0.4, 0.5) is 5.82 Å². The highest BCUT2D eigenvalue weighted by atomic mass is 16.5. The molecule has 0 amide bonds. The molecule has 1 aromatic rings. The average Bonchev–Trinajstić information content (AvgIpc) is 2.30. The van der Waals surface area contributed by atoms with Gasteiger partial charge in [-0.15, -0.1) is 0 Å². The third-order valence-corrected chi connectivity index (χ3v) is 1.68. The lowest BCUT2D eigenvalue weighted by atomic mass is 10.3. The van der Waals surface area contributed by atoms with Crippen LogP contribution in [0.15, 0.2) is 18.3 Å². The molecule has 0 bridgehead atoms. The summed E-state index contributed by atoms with van der Waals surface area (Å²) >= 11 is 0. The molecule has 0 saturated carbocycles. The van der Waals surface area contributed by atoms with Crippen LogP contribution in [0, 0.1) is 11.8 Å². The van der Waals surface area contributed by atoms with Crippen LogP contribution in [0.2, 0.25) is 0 Å². The van der Waals surface area contributed by atoms with Gasteiger partial charge in [0.05, 0.1) is 6.61 Å². The van der Waals surface area contributed by atoms with E-state index in [4.69, 9.17) is 10.6 Å². The van der Waals surface area contributed by atoms with E-state index in [9.17, 15) is 4.79 Å². The van der Waals surface area contributed by atoms with E-state index in [-0.39, 0.29) is 12.4 Å². The van der Waals surface area contributed by atoms with Gasteiger partial charge in [-0.1, -0.05) is 11.8 Å². The molecule has 0 fully saturated rings. The van der Waals surface area contributed by atoms with Crippen LogP contribution in [-0.2, 0) is 9.53 Å². The van der Waals surface area contributed by atoms with E-state index in [2.05, 4.69) is 22.3 Å². The molecule has 16 heavy (non-hydrogen) atoms. The van der Waals surface area contributed by atoms with Crippen LogP contribution < -0.4 is 11.3 Å². The summed E-state index contributed by atoms with van der Waals surface area (Å²) in [6.45, 7) is 2.13. The number of nitrogens with two attached hydrogens (primary N) is 1. The average molecular weight is 219 g/mol. The normalized spacial score (nSPS) is 8.88. The molecular formula is C11H13N3O2. The summed E-state index contributed by atoms with van der Waals surface area (Å²) < 4.78 is 4.73. The van der Waals surface area contributed by atoms with E-state index in [0.29, 0.717) is 12.4 Å².